The zero-order chi connectivity index (χ0) is 21.6. The van der Waals surface area contributed by atoms with Crippen molar-refractivity contribution in [2.24, 2.45) is 5.92 Å². The van der Waals surface area contributed by atoms with Crippen LogP contribution in [0.15, 0.2) is 42.5 Å². The van der Waals surface area contributed by atoms with E-state index in [1.807, 2.05) is 32.0 Å². The first-order valence-corrected chi connectivity index (χ1v) is 10.2. The lowest BCUT2D eigenvalue weighted by atomic mass is 9.78. The highest BCUT2D eigenvalue weighted by molar-refractivity contribution is 7.80. The zero-order valence-corrected chi connectivity index (χ0v) is 18.1. The van der Waals surface area contributed by atoms with Crippen LogP contribution in [-0.2, 0) is 4.79 Å². The SMILES string of the molecule is CCOc1cccc2c1O[C@@]1(C)[C@H](C(=O)N(C)C)[C@H]2NC(=S)N1c1ccc(F)cc1. The molecule has 2 aromatic carbocycles. The van der Waals surface area contributed by atoms with Crippen molar-refractivity contribution in [3.63, 3.8) is 0 Å². The minimum atomic E-state index is -1.15. The third kappa shape index (κ3) is 3.06. The molecular formula is C22H24FN3O3S. The topological polar surface area (TPSA) is 54.0 Å². The number of halogens is 1. The third-order valence-electron chi connectivity index (χ3n) is 5.58. The lowest BCUT2D eigenvalue weighted by Gasteiger charge is -2.56. The van der Waals surface area contributed by atoms with Gasteiger partial charge in [-0.15, -0.1) is 0 Å². The van der Waals surface area contributed by atoms with Gasteiger partial charge in [0.1, 0.15) is 11.7 Å². The maximum Gasteiger partial charge on any atom is 0.233 e. The quantitative estimate of drug-likeness (QED) is 0.752. The van der Waals surface area contributed by atoms with Crippen LogP contribution in [0.4, 0.5) is 10.1 Å². The molecule has 4 rings (SSSR count). The van der Waals surface area contributed by atoms with Crippen molar-refractivity contribution in [2.75, 3.05) is 25.6 Å². The molecule has 0 aliphatic carbocycles. The van der Waals surface area contributed by atoms with Crippen molar-refractivity contribution in [2.45, 2.75) is 25.6 Å². The van der Waals surface area contributed by atoms with E-state index >= 15 is 0 Å². The highest BCUT2D eigenvalue weighted by Crippen LogP contribution is 2.52. The largest absolute Gasteiger partial charge is 0.490 e. The van der Waals surface area contributed by atoms with Gasteiger partial charge in [-0.25, -0.2) is 4.39 Å². The summed E-state index contributed by atoms with van der Waals surface area (Å²) in [7, 11) is 3.43. The van der Waals surface area contributed by atoms with Gasteiger partial charge < -0.3 is 19.7 Å². The summed E-state index contributed by atoms with van der Waals surface area (Å²) in [4.78, 5) is 16.6. The molecule has 0 saturated carbocycles. The first-order chi connectivity index (χ1) is 14.3. The van der Waals surface area contributed by atoms with Gasteiger partial charge in [0.15, 0.2) is 22.3 Å². The standard InChI is InChI=1S/C22H24FN3O3S/c1-5-28-16-8-6-7-15-18-17(20(27)25(3)4)22(2,29-19(15)16)26(21(30)24-18)14-11-9-13(23)10-12-14/h6-12,17-18H,5H2,1-4H3,(H,24,30)/t17-,18-,22-/m0/s1. The van der Waals surface area contributed by atoms with Crippen LogP contribution in [0.2, 0.25) is 0 Å². The number of thiocarbonyl (C=S) groups is 1. The van der Waals surface area contributed by atoms with Crippen LogP contribution in [0.1, 0.15) is 25.5 Å². The maximum atomic E-state index is 13.6. The van der Waals surface area contributed by atoms with E-state index in [4.69, 9.17) is 21.7 Å². The maximum absolute atomic E-state index is 13.6. The summed E-state index contributed by atoms with van der Waals surface area (Å²) >= 11 is 5.67. The van der Waals surface area contributed by atoms with Crippen molar-refractivity contribution >= 4 is 28.9 Å². The third-order valence-corrected chi connectivity index (χ3v) is 5.88. The second-order valence-corrected chi connectivity index (χ2v) is 8.10. The molecule has 2 aliphatic heterocycles. The fourth-order valence-corrected chi connectivity index (χ4v) is 4.69. The van der Waals surface area contributed by atoms with Gasteiger partial charge in [0.05, 0.1) is 12.6 Å². The van der Waals surface area contributed by atoms with E-state index < -0.39 is 17.7 Å². The summed E-state index contributed by atoms with van der Waals surface area (Å²) in [6, 6.07) is 11.2. The van der Waals surface area contributed by atoms with Crippen LogP contribution in [0.3, 0.4) is 0 Å². The first kappa shape index (κ1) is 20.4. The van der Waals surface area contributed by atoms with Crippen molar-refractivity contribution in [1.29, 1.82) is 0 Å². The smallest absolute Gasteiger partial charge is 0.233 e. The Morgan fingerprint density at radius 3 is 2.63 bits per heavy atom. The van der Waals surface area contributed by atoms with Crippen LogP contribution in [0.25, 0.3) is 0 Å². The van der Waals surface area contributed by atoms with Gasteiger partial charge in [0, 0.05) is 25.3 Å². The molecule has 1 saturated heterocycles. The predicted octanol–water partition coefficient (Wildman–Crippen LogP) is 3.47. The second kappa shape index (κ2) is 7.43. The van der Waals surface area contributed by atoms with E-state index in [1.165, 1.54) is 12.1 Å². The number of ether oxygens (including phenoxy) is 2. The average Bonchev–Trinajstić information content (AvgIpc) is 2.69. The minimum Gasteiger partial charge on any atom is -0.490 e. The molecule has 6 nitrogen and oxygen atoms in total. The van der Waals surface area contributed by atoms with Crippen LogP contribution < -0.4 is 19.7 Å². The van der Waals surface area contributed by atoms with Gasteiger partial charge >= 0.3 is 0 Å². The minimum absolute atomic E-state index is 0.0999. The van der Waals surface area contributed by atoms with Crippen molar-refractivity contribution < 1.29 is 18.7 Å². The Morgan fingerprint density at radius 2 is 2.00 bits per heavy atom. The molecule has 8 heteroatoms. The number of anilines is 1. The van der Waals surface area contributed by atoms with E-state index in [1.54, 1.807) is 36.0 Å². The van der Waals surface area contributed by atoms with Gasteiger partial charge in [-0.3, -0.25) is 9.69 Å². The van der Waals surface area contributed by atoms with Gasteiger partial charge in [-0.2, -0.15) is 0 Å². The van der Waals surface area contributed by atoms with E-state index in [-0.39, 0.29) is 11.7 Å². The Labute approximate surface area is 180 Å². The fraction of sp³-hybridized carbons (Fsp3) is 0.364. The molecule has 2 heterocycles. The Morgan fingerprint density at radius 1 is 1.30 bits per heavy atom. The lowest BCUT2D eigenvalue weighted by molar-refractivity contribution is -0.144. The molecule has 0 spiro atoms. The summed E-state index contributed by atoms with van der Waals surface area (Å²) in [6.45, 7) is 4.23. The number of amides is 1. The number of hydrogen-bond acceptors (Lipinski definition) is 4. The molecular weight excluding hydrogens is 405 g/mol. The molecule has 1 N–H and O–H groups in total. The summed E-state index contributed by atoms with van der Waals surface area (Å²) < 4.78 is 25.9. The van der Waals surface area contributed by atoms with Crippen LogP contribution in [0, 0.1) is 11.7 Å². The number of nitrogens with one attached hydrogen (secondary N) is 1. The predicted molar refractivity (Wildman–Crippen MR) is 116 cm³/mol. The van der Waals surface area contributed by atoms with Gasteiger partial charge in [-0.1, -0.05) is 12.1 Å². The van der Waals surface area contributed by atoms with Crippen molar-refractivity contribution in [1.82, 2.24) is 10.2 Å². The van der Waals surface area contributed by atoms with E-state index in [0.717, 1.165) is 5.56 Å². The van der Waals surface area contributed by atoms with Gasteiger partial charge in [0.2, 0.25) is 5.91 Å². The van der Waals surface area contributed by atoms with Crippen LogP contribution >= 0.6 is 12.2 Å². The molecule has 0 radical (unpaired) electrons. The molecule has 2 bridgehead atoms. The van der Waals surface area contributed by atoms with Gasteiger partial charge in [0.25, 0.3) is 0 Å². The number of nitrogens with zero attached hydrogens (tertiary/aromatic N) is 2. The van der Waals surface area contributed by atoms with Crippen molar-refractivity contribution in [3.05, 3.63) is 53.8 Å². The highest BCUT2D eigenvalue weighted by Gasteiger charge is 2.59. The number of carbonyl (C=O) groups excluding carboxylic acids is 1. The number of carbonyl (C=O) groups is 1. The molecule has 0 unspecified atom stereocenters. The Kier molecular flexibility index (Phi) is 5.05. The molecule has 1 amide bonds. The zero-order valence-electron chi connectivity index (χ0n) is 17.3. The Balaban J connectivity index is 1.92. The Hall–Kier alpha value is -2.87. The normalized spacial score (nSPS) is 24.4. The Bertz CT molecular complexity index is 998. The van der Waals surface area contributed by atoms with E-state index in [2.05, 4.69) is 5.32 Å². The molecule has 3 atom stereocenters. The van der Waals surface area contributed by atoms with E-state index in [0.29, 0.717) is 28.9 Å². The lowest BCUT2D eigenvalue weighted by Crippen LogP contribution is -2.72. The number of benzene rings is 2. The average molecular weight is 430 g/mol. The summed E-state index contributed by atoms with van der Waals surface area (Å²) in [5.41, 5.74) is 0.301. The molecule has 30 heavy (non-hydrogen) atoms. The molecule has 2 aliphatic rings. The van der Waals surface area contributed by atoms with Crippen molar-refractivity contribution in [3.8, 4) is 11.5 Å². The summed E-state index contributed by atoms with van der Waals surface area (Å²) in [6.07, 6.45) is 0. The van der Waals surface area contributed by atoms with Gasteiger partial charge in [-0.05, 0) is 56.4 Å². The molecule has 158 valence electrons. The van der Waals surface area contributed by atoms with Crippen LogP contribution in [-0.4, -0.2) is 42.3 Å². The fourth-order valence-electron chi connectivity index (χ4n) is 4.27. The summed E-state index contributed by atoms with van der Waals surface area (Å²) in [5.74, 6) is 0.130. The second-order valence-electron chi connectivity index (χ2n) is 7.71. The first-order valence-electron chi connectivity index (χ1n) is 9.80. The number of rotatable bonds is 4. The number of hydrogen-bond donors (Lipinski definition) is 1. The molecule has 2 aromatic rings. The van der Waals surface area contributed by atoms with E-state index in [9.17, 15) is 9.18 Å². The molecule has 1 fully saturated rings. The highest BCUT2D eigenvalue weighted by atomic mass is 32.1. The number of para-hydroxylation sites is 1. The number of fused-ring (bicyclic) bond motifs is 4. The van der Waals surface area contributed by atoms with Crippen LogP contribution in [0.5, 0.6) is 11.5 Å². The molecule has 0 aromatic heterocycles. The summed E-state index contributed by atoms with van der Waals surface area (Å²) in [5, 5.41) is 3.73. The monoisotopic (exact) mass is 429 g/mol.